The van der Waals surface area contributed by atoms with Crippen molar-refractivity contribution in [3.63, 3.8) is 0 Å². The van der Waals surface area contributed by atoms with Gasteiger partial charge in [0.15, 0.2) is 0 Å². The van der Waals surface area contributed by atoms with Crippen molar-refractivity contribution in [2.75, 3.05) is 18.6 Å². The van der Waals surface area contributed by atoms with Gasteiger partial charge in [0, 0.05) is 11.8 Å². The van der Waals surface area contributed by atoms with Gasteiger partial charge in [-0.25, -0.2) is 0 Å². The highest BCUT2D eigenvalue weighted by Crippen LogP contribution is 2.09. The van der Waals surface area contributed by atoms with Gasteiger partial charge < -0.3 is 10.1 Å². The number of rotatable bonds is 7. The molecule has 0 bridgehead atoms. The zero-order valence-electron chi connectivity index (χ0n) is 11.3. The molecular formula is C12H23NO3S. The smallest absolute Gasteiger partial charge is 0.309 e. The Hall–Kier alpha value is -0.710. The van der Waals surface area contributed by atoms with Crippen molar-refractivity contribution >= 4 is 23.6 Å². The summed E-state index contributed by atoms with van der Waals surface area (Å²) in [6.07, 6.45) is 0. The van der Waals surface area contributed by atoms with Crippen LogP contribution >= 0.6 is 11.8 Å². The summed E-state index contributed by atoms with van der Waals surface area (Å²) in [7, 11) is 1.38. The van der Waals surface area contributed by atoms with Crippen molar-refractivity contribution in [2.45, 2.75) is 33.7 Å². The van der Waals surface area contributed by atoms with Gasteiger partial charge in [-0.05, 0) is 12.8 Å². The third-order valence-corrected chi connectivity index (χ3v) is 3.80. The average Bonchev–Trinajstić information content (AvgIpc) is 2.27. The third kappa shape index (κ3) is 7.26. The number of carbonyl (C=O) groups is 2. The molecule has 0 heterocycles. The van der Waals surface area contributed by atoms with Crippen LogP contribution in [0.5, 0.6) is 0 Å². The van der Waals surface area contributed by atoms with Crippen LogP contribution in [0.15, 0.2) is 0 Å². The monoisotopic (exact) mass is 261 g/mol. The van der Waals surface area contributed by atoms with E-state index < -0.39 is 0 Å². The lowest BCUT2D eigenvalue weighted by Gasteiger charge is -2.17. The molecule has 0 aliphatic carbocycles. The van der Waals surface area contributed by atoms with Crippen LogP contribution in [-0.2, 0) is 14.3 Å². The molecule has 0 aromatic heterocycles. The zero-order chi connectivity index (χ0) is 13.4. The molecule has 0 rings (SSSR count). The minimum absolute atomic E-state index is 0.0215. The van der Waals surface area contributed by atoms with Crippen molar-refractivity contribution in [1.82, 2.24) is 5.32 Å². The molecule has 17 heavy (non-hydrogen) atoms. The fourth-order valence-electron chi connectivity index (χ4n) is 1.06. The van der Waals surface area contributed by atoms with Gasteiger partial charge in [0.05, 0.1) is 18.8 Å². The molecule has 1 N–H and O–H groups in total. The number of esters is 1. The minimum Gasteiger partial charge on any atom is -0.469 e. The van der Waals surface area contributed by atoms with Gasteiger partial charge in [0.1, 0.15) is 0 Å². The molecule has 0 aliphatic heterocycles. The number of ether oxygens (including phenoxy) is 1. The summed E-state index contributed by atoms with van der Waals surface area (Å²) in [6.45, 7) is 7.92. The summed E-state index contributed by atoms with van der Waals surface area (Å²) < 4.78 is 4.61. The fourth-order valence-corrected chi connectivity index (χ4v) is 1.94. The Morgan fingerprint density at radius 2 is 1.82 bits per heavy atom. The molecule has 100 valence electrons. The molecule has 0 aromatic rings. The fraction of sp³-hybridized carbons (Fsp3) is 0.833. The zero-order valence-corrected chi connectivity index (χ0v) is 12.1. The van der Waals surface area contributed by atoms with Gasteiger partial charge in [-0.1, -0.05) is 20.8 Å². The number of nitrogens with one attached hydrogen (secondary N) is 1. The summed E-state index contributed by atoms with van der Waals surface area (Å²) in [5.41, 5.74) is 0. The van der Waals surface area contributed by atoms with Crippen LogP contribution in [0.25, 0.3) is 0 Å². The number of carbonyl (C=O) groups excluding carboxylic acids is 2. The minimum atomic E-state index is -0.228. The van der Waals surface area contributed by atoms with Gasteiger partial charge in [0.25, 0.3) is 0 Å². The van der Waals surface area contributed by atoms with Crippen molar-refractivity contribution in [3.8, 4) is 0 Å². The highest BCUT2D eigenvalue weighted by atomic mass is 32.2. The molecule has 1 amide bonds. The highest BCUT2D eigenvalue weighted by molar-refractivity contribution is 7.99. The summed E-state index contributed by atoms with van der Waals surface area (Å²) >= 11 is 1.45. The van der Waals surface area contributed by atoms with Crippen LogP contribution in [0.2, 0.25) is 0 Å². The van der Waals surface area contributed by atoms with Gasteiger partial charge >= 0.3 is 5.97 Å². The molecule has 2 unspecified atom stereocenters. The predicted octanol–water partition coefficient (Wildman–Crippen LogP) is 1.69. The van der Waals surface area contributed by atoms with E-state index in [1.807, 2.05) is 6.92 Å². The lowest BCUT2D eigenvalue weighted by molar-refractivity contribution is -0.144. The molecule has 0 aliphatic rings. The lowest BCUT2D eigenvalue weighted by Crippen LogP contribution is -2.37. The van der Waals surface area contributed by atoms with Crippen molar-refractivity contribution in [3.05, 3.63) is 0 Å². The van der Waals surface area contributed by atoms with E-state index in [1.165, 1.54) is 18.9 Å². The summed E-state index contributed by atoms with van der Waals surface area (Å²) in [5.74, 6) is 1.05. The maximum Gasteiger partial charge on any atom is 0.309 e. The Balaban J connectivity index is 3.75. The van der Waals surface area contributed by atoms with Crippen LogP contribution in [-0.4, -0.2) is 36.5 Å². The average molecular weight is 261 g/mol. The van der Waals surface area contributed by atoms with Crippen molar-refractivity contribution < 1.29 is 14.3 Å². The SMILES string of the molecule is COC(=O)C(C)CSCC(=O)NC(C)C(C)C. The molecule has 0 aromatic carbocycles. The van der Waals surface area contributed by atoms with Gasteiger partial charge in [-0.2, -0.15) is 11.8 Å². The number of hydrogen-bond acceptors (Lipinski definition) is 4. The normalized spacial score (nSPS) is 14.2. The molecule has 0 saturated heterocycles. The Kier molecular flexibility index (Phi) is 8.04. The summed E-state index contributed by atoms with van der Waals surface area (Å²) in [6, 6.07) is 0.182. The van der Waals surface area contributed by atoms with Crippen LogP contribution in [0.1, 0.15) is 27.7 Å². The Labute approximate surface area is 108 Å². The Morgan fingerprint density at radius 1 is 1.24 bits per heavy atom. The standard InChI is InChI=1S/C12H23NO3S/c1-8(2)10(4)13-11(14)7-17-6-9(3)12(15)16-5/h8-10H,6-7H2,1-5H3,(H,13,14). The van der Waals surface area contributed by atoms with Crippen molar-refractivity contribution in [2.24, 2.45) is 11.8 Å². The van der Waals surface area contributed by atoms with E-state index in [2.05, 4.69) is 23.9 Å². The first-order valence-corrected chi connectivity index (χ1v) is 6.98. The molecule has 0 saturated carbocycles. The largest absolute Gasteiger partial charge is 0.469 e. The topological polar surface area (TPSA) is 55.4 Å². The molecule has 0 fully saturated rings. The Bertz CT molecular complexity index is 256. The Morgan fingerprint density at radius 3 is 2.29 bits per heavy atom. The third-order valence-electron chi connectivity index (χ3n) is 2.59. The maximum absolute atomic E-state index is 11.5. The van der Waals surface area contributed by atoms with E-state index in [0.717, 1.165) is 0 Å². The van der Waals surface area contributed by atoms with E-state index >= 15 is 0 Å². The summed E-state index contributed by atoms with van der Waals surface area (Å²) in [4.78, 5) is 22.6. The van der Waals surface area contributed by atoms with Crippen LogP contribution in [0, 0.1) is 11.8 Å². The number of thioether (sulfide) groups is 1. The highest BCUT2D eigenvalue weighted by Gasteiger charge is 2.15. The van der Waals surface area contributed by atoms with E-state index in [1.54, 1.807) is 6.92 Å². The van der Waals surface area contributed by atoms with Crippen molar-refractivity contribution in [1.29, 1.82) is 0 Å². The second-order valence-corrected chi connectivity index (χ2v) is 5.57. The second-order valence-electron chi connectivity index (χ2n) is 4.54. The lowest BCUT2D eigenvalue weighted by atomic mass is 10.1. The maximum atomic E-state index is 11.5. The first-order chi connectivity index (χ1) is 7.88. The molecule has 5 heteroatoms. The van der Waals surface area contributed by atoms with Gasteiger partial charge in [-0.15, -0.1) is 0 Å². The number of methoxy groups -OCH3 is 1. The van der Waals surface area contributed by atoms with E-state index in [4.69, 9.17) is 0 Å². The second kappa shape index (κ2) is 8.39. The number of hydrogen-bond donors (Lipinski definition) is 1. The molecule has 2 atom stereocenters. The van der Waals surface area contributed by atoms with E-state index in [0.29, 0.717) is 17.4 Å². The molecule has 4 nitrogen and oxygen atoms in total. The van der Waals surface area contributed by atoms with Gasteiger partial charge in [-0.3, -0.25) is 9.59 Å². The quantitative estimate of drug-likeness (QED) is 0.709. The molecule has 0 radical (unpaired) electrons. The van der Waals surface area contributed by atoms with E-state index in [-0.39, 0.29) is 23.8 Å². The van der Waals surface area contributed by atoms with Crippen LogP contribution < -0.4 is 5.32 Å². The van der Waals surface area contributed by atoms with Crippen LogP contribution in [0.4, 0.5) is 0 Å². The molecular weight excluding hydrogens is 238 g/mol. The first-order valence-electron chi connectivity index (χ1n) is 5.83. The van der Waals surface area contributed by atoms with Crippen LogP contribution in [0.3, 0.4) is 0 Å². The summed E-state index contributed by atoms with van der Waals surface area (Å²) in [5, 5.41) is 2.92. The first kappa shape index (κ1) is 16.3. The van der Waals surface area contributed by atoms with Gasteiger partial charge in [0.2, 0.25) is 5.91 Å². The van der Waals surface area contributed by atoms with E-state index in [9.17, 15) is 9.59 Å². The predicted molar refractivity (Wildman–Crippen MR) is 70.9 cm³/mol. The molecule has 0 spiro atoms. The number of amides is 1.